The van der Waals surface area contributed by atoms with Crippen LogP contribution in [0.5, 0.6) is 0 Å². The van der Waals surface area contributed by atoms with E-state index in [1.807, 2.05) is 0 Å². The molecule has 2 heteroatoms. The quantitative estimate of drug-likeness (QED) is 0.676. The van der Waals surface area contributed by atoms with Gasteiger partial charge in [-0.3, -0.25) is 4.90 Å². The molecular weight excluding hydrogens is 148 g/mol. The van der Waals surface area contributed by atoms with Gasteiger partial charge in [0.1, 0.15) is 0 Å². The molecule has 72 valence electrons. The third-order valence-corrected chi connectivity index (χ3v) is 2.44. The van der Waals surface area contributed by atoms with Gasteiger partial charge in [-0.05, 0) is 39.5 Å². The van der Waals surface area contributed by atoms with E-state index in [0.717, 1.165) is 12.5 Å². The maximum atomic E-state index is 5.79. The monoisotopic (exact) mass is 170 g/mol. The first-order valence-corrected chi connectivity index (χ1v) is 5.09. The van der Waals surface area contributed by atoms with Crippen molar-refractivity contribution in [3.8, 4) is 0 Å². The Bertz CT molecular complexity index is 124. The Kier molecular flexibility index (Phi) is 3.53. The van der Waals surface area contributed by atoms with Gasteiger partial charge in [0.2, 0.25) is 0 Å². The zero-order chi connectivity index (χ0) is 9.14. The summed E-state index contributed by atoms with van der Waals surface area (Å²) < 4.78 is 0. The molecule has 12 heavy (non-hydrogen) atoms. The van der Waals surface area contributed by atoms with Gasteiger partial charge in [-0.15, -0.1) is 0 Å². The summed E-state index contributed by atoms with van der Waals surface area (Å²) in [6, 6.07) is 0.961. The molecule has 0 heterocycles. The molecule has 2 nitrogen and oxygen atoms in total. The second-order valence-corrected chi connectivity index (χ2v) is 4.47. The fourth-order valence-electron chi connectivity index (χ4n) is 1.50. The molecule has 0 saturated heterocycles. The summed E-state index contributed by atoms with van der Waals surface area (Å²) in [4.78, 5) is 2.50. The van der Waals surface area contributed by atoms with E-state index >= 15 is 0 Å². The van der Waals surface area contributed by atoms with Crippen LogP contribution in [-0.2, 0) is 0 Å². The molecule has 0 spiro atoms. The van der Waals surface area contributed by atoms with E-state index in [1.165, 1.54) is 19.4 Å². The molecule has 1 aliphatic rings. The van der Waals surface area contributed by atoms with Crippen molar-refractivity contribution in [1.29, 1.82) is 0 Å². The molecule has 1 saturated carbocycles. The smallest absolute Gasteiger partial charge is 0.0139 e. The summed E-state index contributed by atoms with van der Waals surface area (Å²) in [5.41, 5.74) is 5.79. The average molecular weight is 170 g/mol. The van der Waals surface area contributed by atoms with E-state index in [0.29, 0.717) is 12.1 Å². The second-order valence-electron chi connectivity index (χ2n) is 4.47. The number of hydrogen-bond acceptors (Lipinski definition) is 2. The highest BCUT2D eigenvalue weighted by Gasteiger charge is 2.25. The van der Waals surface area contributed by atoms with Crippen molar-refractivity contribution in [2.45, 2.75) is 45.7 Å². The van der Waals surface area contributed by atoms with Gasteiger partial charge in [-0.25, -0.2) is 0 Å². The highest BCUT2D eigenvalue weighted by atomic mass is 15.2. The third-order valence-electron chi connectivity index (χ3n) is 2.44. The summed E-state index contributed by atoms with van der Waals surface area (Å²) in [7, 11) is 0. The van der Waals surface area contributed by atoms with Gasteiger partial charge in [-0.2, -0.15) is 0 Å². The average Bonchev–Trinajstić information content (AvgIpc) is 2.68. The Balaban J connectivity index is 2.26. The van der Waals surface area contributed by atoms with Crippen molar-refractivity contribution in [3.63, 3.8) is 0 Å². The Hall–Kier alpha value is -0.0800. The lowest BCUT2D eigenvalue weighted by Crippen LogP contribution is -2.40. The van der Waals surface area contributed by atoms with Crippen molar-refractivity contribution < 1.29 is 0 Å². The largest absolute Gasteiger partial charge is 0.327 e. The normalized spacial score (nSPS) is 20.5. The first-order valence-electron chi connectivity index (χ1n) is 5.09. The number of rotatable bonds is 5. The molecule has 0 aromatic carbocycles. The van der Waals surface area contributed by atoms with Gasteiger partial charge in [-0.1, -0.05) is 0 Å². The molecule has 1 rings (SSSR count). The Morgan fingerprint density at radius 1 is 1.33 bits per heavy atom. The molecule has 1 atom stereocenters. The lowest BCUT2D eigenvalue weighted by atomic mass is 10.2. The van der Waals surface area contributed by atoms with Gasteiger partial charge in [0.15, 0.2) is 0 Å². The van der Waals surface area contributed by atoms with Crippen molar-refractivity contribution in [1.82, 2.24) is 4.90 Å². The van der Waals surface area contributed by atoms with Crippen LogP contribution in [0.1, 0.15) is 33.6 Å². The van der Waals surface area contributed by atoms with Gasteiger partial charge in [0, 0.05) is 25.2 Å². The van der Waals surface area contributed by atoms with E-state index < -0.39 is 0 Å². The molecule has 0 bridgehead atoms. The number of nitrogens with two attached hydrogens (primary N) is 1. The SMILES string of the molecule is CC(C)N(CC1CC1)C[C@H](C)N. The Labute approximate surface area is 76.1 Å². The molecule has 1 aliphatic carbocycles. The highest BCUT2D eigenvalue weighted by molar-refractivity contribution is 4.79. The first-order chi connectivity index (χ1) is 5.59. The maximum Gasteiger partial charge on any atom is 0.0139 e. The second kappa shape index (κ2) is 4.24. The van der Waals surface area contributed by atoms with Crippen LogP contribution in [0.25, 0.3) is 0 Å². The fourth-order valence-corrected chi connectivity index (χ4v) is 1.50. The molecule has 2 N–H and O–H groups in total. The van der Waals surface area contributed by atoms with Gasteiger partial charge < -0.3 is 5.73 Å². The van der Waals surface area contributed by atoms with Crippen molar-refractivity contribution in [3.05, 3.63) is 0 Å². The van der Waals surface area contributed by atoms with Crippen LogP contribution < -0.4 is 5.73 Å². The predicted octanol–water partition coefficient (Wildman–Crippen LogP) is 1.45. The van der Waals surface area contributed by atoms with Crippen LogP contribution in [0.4, 0.5) is 0 Å². The maximum absolute atomic E-state index is 5.79. The van der Waals surface area contributed by atoms with Crippen molar-refractivity contribution in [2.24, 2.45) is 11.7 Å². The van der Waals surface area contributed by atoms with E-state index in [1.54, 1.807) is 0 Å². The highest BCUT2D eigenvalue weighted by Crippen LogP contribution is 2.30. The molecule has 0 amide bonds. The molecule has 0 aromatic rings. The molecule has 0 aliphatic heterocycles. The first kappa shape index (κ1) is 10.0. The summed E-state index contributed by atoms with van der Waals surface area (Å²) >= 11 is 0. The van der Waals surface area contributed by atoms with Gasteiger partial charge in [0.05, 0.1) is 0 Å². The lowest BCUT2D eigenvalue weighted by molar-refractivity contribution is 0.203. The van der Waals surface area contributed by atoms with Crippen molar-refractivity contribution >= 4 is 0 Å². The minimum atomic E-state index is 0.311. The Morgan fingerprint density at radius 3 is 2.25 bits per heavy atom. The van der Waals surface area contributed by atoms with Crippen LogP contribution in [0.2, 0.25) is 0 Å². The predicted molar refractivity (Wildman–Crippen MR) is 53.1 cm³/mol. The molecular formula is C10H22N2. The van der Waals surface area contributed by atoms with Crippen LogP contribution in [-0.4, -0.2) is 30.1 Å². The molecule has 0 unspecified atom stereocenters. The van der Waals surface area contributed by atoms with Gasteiger partial charge >= 0.3 is 0 Å². The summed E-state index contributed by atoms with van der Waals surface area (Å²) in [5, 5.41) is 0. The minimum absolute atomic E-state index is 0.311. The van der Waals surface area contributed by atoms with E-state index in [4.69, 9.17) is 5.73 Å². The zero-order valence-electron chi connectivity index (χ0n) is 8.59. The number of nitrogens with zero attached hydrogens (tertiary/aromatic N) is 1. The van der Waals surface area contributed by atoms with E-state index in [2.05, 4.69) is 25.7 Å². The zero-order valence-corrected chi connectivity index (χ0v) is 8.59. The lowest BCUT2D eigenvalue weighted by Gasteiger charge is -2.27. The summed E-state index contributed by atoms with van der Waals surface area (Å²) in [6.45, 7) is 8.91. The molecule has 1 fully saturated rings. The summed E-state index contributed by atoms with van der Waals surface area (Å²) in [6.07, 6.45) is 2.87. The topological polar surface area (TPSA) is 29.3 Å². The van der Waals surface area contributed by atoms with E-state index in [9.17, 15) is 0 Å². The van der Waals surface area contributed by atoms with Crippen LogP contribution in [0, 0.1) is 5.92 Å². The van der Waals surface area contributed by atoms with E-state index in [-0.39, 0.29) is 0 Å². The van der Waals surface area contributed by atoms with Crippen LogP contribution in [0.3, 0.4) is 0 Å². The van der Waals surface area contributed by atoms with Crippen LogP contribution in [0.15, 0.2) is 0 Å². The fraction of sp³-hybridized carbons (Fsp3) is 1.00. The Morgan fingerprint density at radius 2 is 1.92 bits per heavy atom. The minimum Gasteiger partial charge on any atom is -0.327 e. The van der Waals surface area contributed by atoms with Crippen molar-refractivity contribution in [2.75, 3.05) is 13.1 Å². The third kappa shape index (κ3) is 3.55. The van der Waals surface area contributed by atoms with Gasteiger partial charge in [0.25, 0.3) is 0 Å². The molecule has 0 radical (unpaired) electrons. The molecule has 0 aromatic heterocycles. The van der Waals surface area contributed by atoms with Crippen LogP contribution >= 0.6 is 0 Å². The summed E-state index contributed by atoms with van der Waals surface area (Å²) in [5.74, 6) is 0.978. The number of hydrogen-bond donors (Lipinski definition) is 1. The standard InChI is InChI=1S/C10H22N2/c1-8(2)12(6-9(3)11)7-10-4-5-10/h8-10H,4-7,11H2,1-3H3/t9-/m0/s1.